The number of rotatable bonds is 4. The molecule has 3 aromatic carbocycles. The molecule has 5 rings (SSSR count). The Bertz CT molecular complexity index is 958. The Kier molecular flexibility index (Phi) is 4.25. The fraction of sp³-hybridized carbons (Fsp3) is 0.208. The number of anilines is 2. The molecule has 2 fully saturated rings. The van der Waals surface area contributed by atoms with Gasteiger partial charge in [0.05, 0.1) is 25.4 Å². The number of benzene rings is 3. The van der Waals surface area contributed by atoms with Crippen molar-refractivity contribution >= 4 is 17.3 Å². The van der Waals surface area contributed by atoms with E-state index in [1.54, 1.807) is 12.0 Å². The number of ether oxygens (including phenoxy) is 1. The quantitative estimate of drug-likeness (QED) is 0.625. The van der Waals surface area contributed by atoms with E-state index in [-0.39, 0.29) is 11.9 Å². The minimum absolute atomic E-state index is 0.00188. The Labute approximate surface area is 170 Å². The van der Waals surface area contributed by atoms with Gasteiger partial charge in [0.1, 0.15) is 5.75 Å². The summed E-state index contributed by atoms with van der Waals surface area (Å²) in [6, 6.07) is 27.7. The number of hydrogen-bond acceptors (Lipinski definition) is 4. The molecule has 2 saturated heterocycles. The van der Waals surface area contributed by atoms with Crippen LogP contribution in [0.4, 0.5) is 11.4 Å². The first-order chi connectivity index (χ1) is 14.2. The number of carbonyl (C=O) groups excluding carboxylic acids is 1. The lowest BCUT2D eigenvalue weighted by molar-refractivity contribution is -0.149. The molecule has 3 aromatic rings. The van der Waals surface area contributed by atoms with E-state index < -0.39 is 5.60 Å². The Morgan fingerprint density at radius 1 is 0.897 bits per heavy atom. The summed E-state index contributed by atoms with van der Waals surface area (Å²) in [7, 11) is 1.63. The van der Waals surface area contributed by atoms with Crippen LogP contribution in [-0.2, 0) is 9.63 Å². The molecule has 0 aliphatic carbocycles. The zero-order chi connectivity index (χ0) is 19.8. The van der Waals surface area contributed by atoms with Gasteiger partial charge in [0.15, 0.2) is 5.60 Å². The largest absolute Gasteiger partial charge is 0.497 e. The van der Waals surface area contributed by atoms with Crippen molar-refractivity contribution < 1.29 is 14.4 Å². The second kappa shape index (κ2) is 6.94. The number of hydroxylamine groups is 1. The summed E-state index contributed by atoms with van der Waals surface area (Å²) in [6.45, 7) is 0.533. The van der Waals surface area contributed by atoms with Gasteiger partial charge in [-0.2, -0.15) is 0 Å². The molecule has 0 N–H and O–H groups in total. The second-order valence-corrected chi connectivity index (χ2v) is 7.47. The van der Waals surface area contributed by atoms with Crippen LogP contribution in [0.5, 0.6) is 5.75 Å². The molecule has 29 heavy (non-hydrogen) atoms. The summed E-state index contributed by atoms with van der Waals surface area (Å²) in [5.74, 6) is 0.773. The molecule has 0 aromatic heterocycles. The molecule has 1 amide bonds. The zero-order valence-electron chi connectivity index (χ0n) is 16.2. The molecule has 0 bridgehead atoms. The predicted molar refractivity (Wildman–Crippen MR) is 112 cm³/mol. The molecule has 2 atom stereocenters. The lowest BCUT2D eigenvalue weighted by Gasteiger charge is -2.45. The highest BCUT2D eigenvalue weighted by Gasteiger charge is 2.61. The van der Waals surface area contributed by atoms with Gasteiger partial charge in [-0.15, -0.1) is 0 Å². The van der Waals surface area contributed by atoms with Gasteiger partial charge in [-0.3, -0.25) is 9.63 Å². The van der Waals surface area contributed by atoms with Gasteiger partial charge in [0.2, 0.25) is 0 Å². The smallest absolute Gasteiger partial charge is 0.264 e. The van der Waals surface area contributed by atoms with Crippen LogP contribution in [0.25, 0.3) is 0 Å². The molecule has 0 unspecified atom stereocenters. The highest BCUT2D eigenvalue weighted by Crippen LogP contribution is 2.48. The number of para-hydroxylation sites is 1. The molecular formula is C24H22N2O3. The lowest BCUT2D eigenvalue weighted by atomic mass is 9.84. The maximum atomic E-state index is 13.2. The number of β-lactam (4-membered cyclic amide) rings is 1. The summed E-state index contributed by atoms with van der Waals surface area (Å²) in [5, 5.41) is 1.90. The fourth-order valence-electron chi connectivity index (χ4n) is 4.16. The topological polar surface area (TPSA) is 42.0 Å². The van der Waals surface area contributed by atoms with Crippen LogP contribution in [0.15, 0.2) is 84.9 Å². The van der Waals surface area contributed by atoms with Crippen molar-refractivity contribution in [3.05, 3.63) is 90.5 Å². The van der Waals surface area contributed by atoms with Crippen LogP contribution >= 0.6 is 0 Å². The molecule has 146 valence electrons. The van der Waals surface area contributed by atoms with Gasteiger partial charge in [-0.25, -0.2) is 5.06 Å². The number of amides is 1. The molecule has 0 radical (unpaired) electrons. The first-order valence-electron chi connectivity index (χ1n) is 9.75. The Morgan fingerprint density at radius 3 is 2.17 bits per heavy atom. The monoisotopic (exact) mass is 386 g/mol. The van der Waals surface area contributed by atoms with Crippen molar-refractivity contribution in [2.24, 2.45) is 0 Å². The Morgan fingerprint density at radius 2 is 1.55 bits per heavy atom. The molecule has 2 heterocycles. The second-order valence-electron chi connectivity index (χ2n) is 7.47. The lowest BCUT2D eigenvalue weighted by Crippen LogP contribution is -2.67. The first kappa shape index (κ1) is 17.8. The van der Waals surface area contributed by atoms with Crippen molar-refractivity contribution in [2.75, 3.05) is 23.6 Å². The van der Waals surface area contributed by atoms with Crippen molar-refractivity contribution in [1.82, 2.24) is 0 Å². The normalized spacial score (nSPS) is 23.3. The van der Waals surface area contributed by atoms with Crippen LogP contribution in [0, 0.1) is 0 Å². The van der Waals surface area contributed by atoms with Crippen molar-refractivity contribution in [2.45, 2.75) is 18.1 Å². The van der Waals surface area contributed by atoms with E-state index in [0.717, 1.165) is 22.7 Å². The Hall–Kier alpha value is -3.31. The van der Waals surface area contributed by atoms with E-state index in [1.807, 2.05) is 77.9 Å². The number of nitrogens with zero attached hydrogens (tertiary/aromatic N) is 2. The van der Waals surface area contributed by atoms with Crippen molar-refractivity contribution in [3.63, 3.8) is 0 Å². The average molecular weight is 386 g/mol. The third kappa shape index (κ3) is 2.95. The maximum Gasteiger partial charge on any atom is 0.264 e. The highest BCUT2D eigenvalue weighted by molar-refractivity contribution is 6.07. The fourth-order valence-corrected chi connectivity index (χ4v) is 4.16. The minimum Gasteiger partial charge on any atom is -0.497 e. The molecule has 2 aliphatic heterocycles. The standard InChI is InChI=1S/C24H22N2O3/c1-28-21-14-12-19(13-15-21)25-17-24(23(25)27)16-22(18-8-4-2-5-9-18)26(29-24)20-10-6-3-7-11-20/h2-15,22H,16-17H2,1H3/t22-,24+/m0/s1. The molecular weight excluding hydrogens is 364 g/mol. The van der Waals surface area contributed by atoms with Gasteiger partial charge < -0.3 is 9.64 Å². The van der Waals surface area contributed by atoms with E-state index in [0.29, 0.717) is 13.0 Å². The van der Waals surface area contributed by atoms with E-state index in [2.05, 4.69) is 12.1 Å². The van der Waals surface area contributed by atoms with Crippen LogP contribution in [0.1, 0.15) is 18.0 Å². The van der Waals surface area contributed by atoms with Crippen LogP contribution in [-0.4, -0.2) is 25.2 Å². The zero-order valence-corrected chi connectivity index (χ0v) is 16.2. The SMILES string of the molecule is COc1ccc(N2C[C@]3(C[C@@H](c4ccccc4)N(c4ccccc4)O3)C2=O)cc1. The van der Waals surface area contributed by atoms with Gasteiger partial charge >= 0.3 is 0 Å². The van der Waals surface area contributed by atoms with E-state index in [4.69, 9.17) is 9.57 Å². The predicted octanol–water partition coefficient (Wildman–Crippen LogP) is 4.36. The summed E-state index contributed by atoms with van der Waals surface area (Å²) in [4.78, 5) is 21.4. The molecule has 5 heteroatoms. The third-order valence-corrected chi connectivity index (χ3v) is 5.71. The average Bonchev–Trinajstić information content (AvgIpc) is 3.22. The van der Waals surface area contributed by atoms with E-state index in [1.165, 1.54) is 0 Å². The Balaban J connectivity index is 1.43. The van der Waals surface area contributed by atoms with E-state index >= 15 is 0 Å². The maximum absolute atomic E-state index is 13.2. The molecule has 1 spiro atoms. The summed E-state index contributed by atoms with van der Waals surface area (Å²) in [6.07, 6.45) is 0.622. The molecule has 0 saturated carbocycles. The van der Waals surface area contributed by atoms with Gasteiger partial charge in [-0.05, 0) is 42.0 Å². The van der Waals surface area contributed by atoms with Crippen LogP contribution in [0.2, 0.25) is 0 Å². The third-order valence-electron chi connectivity index (χ3n) is 5.71. The summed E-state index contributed by atoms with van der Waals surface area (Å²) >= 11 is 0. The number of methoxy groups -OCH3 is 1. The highest BCUT2D eigenvalue weighted by atomic mass is 16.7. The van der Waals surface area contributed by atoms with Gasteiger partial charge in [0, 0.05) is 12.1 Å². The summed E-state index contributed by atoms with van der Waals surface area (Å²) < 4.78 is 5.21. The van der Waals surface area contributed by atoms with Crippen LogP contribution in [0.3, 0.4) is 0 Å². The number of carbonyl (C=O) groups is 1. The number of hydrogen-bond donors (Lipinski definition) is 0. The van der Waals surface area contributed by atoms with Gasteiger partial charge in [0.25, 0.3) is 5.91 Å². The molecule has 5 nitrogen and oxygen atoms in total. The van der Waals surface area contributed by atoms with Gasteiger partial charge in [-0.1, -0.05) is 48.5 Å². The van der Waals surface area contributed by atoms with E-state index in [9.17, 15) is 4.79 Å². The summed E-state index contributed by atoms with van der Waals surface area (Å²) in [5.41, 5.74) is 2.13. The first-order valence-corrected chi connectivity index (χ1v) is 9.75. The van der Waals surface area contributed by atoms with Crippen LogP contribution < -0.4 is 14.7 Å². The van der Waals surface area contributed by atoms with Crippen molar-refractivity contribution in [3.8, 4) is 5.75 Å². The minimum atomic E-state index is -0.823. The molecule has 2 aliphatic rings. The van der Waals surface area contributed by atoms with Crippen molar-refractivity contribution in [1.29, 1.82) is 0 Å².